The zero-order chi connectivity index (χ0) is 32.9. The van der Waals surface area contributed by atoms with Crippen molar-refractivity contribution < 1.29 is 27.5 Å². The van der Waals surface area contributed by atoms with Crippen molar-refractivity contribution in [3.63, 3.8) is 0 Å². The number of halogens is 3. The quantitative estimate of drug-likeness (QED) is 0.207. The Hall–Kier alpha value is -5.46. The zero-order valence-electron chi connectivity index (χ0n) is 25.6. The maximum Gasteiger partial charge on any atom is 0.272 e. The second-order valence-electron chi connectivity index (χ2n) is 11.7. The molecule has 1 fully saturated rings. The van der Waals surface area contributed by atoms with E-state index in [1.54, 1.807) is 19.2 Å². The lowest BCUT2D eigenvalue weighted by molar-refractivity contribution is -0.102. The second kappa shape index (κ2) is 11.7. The molecule has 4 heterocycles. The van der Waals surface area contributed by atoms with Crippen molar-refractivity contribution >= 4 is 35.0 Å². The first kappa shape index (κ1) is 30.2. The average Bonchev–Trinajstić information content (AvgIpc) is 3.71. The van der Waals surface area contributed by atoms with Crippen LogP contribution in [0.4, 0.5) is 30.4 Å². The number of benzene rings is 2. The third-order valence-corrected chi connectivity index (χ3v) is 8.80. The van der Waals surface area contributed by atoms with Crippen LogP contribution in [0.1, 0.15) is 44.8 Å². The van der Waals surface area contributed by atoms with E-state index in [0.29, 0.717) is 48.5 Å². The molecule has 2 aliphatic rings. The summed E-state index contributed by atoms with van der Waals surface area (Å²) in [6.07, 6.45) is 3.69. The van der Waals surface area contributed by atoms with E-state index >= 15 is 4.39 Å². The molecule has 1 aliphatic carbocycles. The van der Waals surface area contributed by atoms with E-state index in [4.69, 9.17) is 9.84 Å². The number of nitrogens with one attached hydrogen (secondary N) is 1. The molecule has 1 saturated carbocycles. The number of pyridine rings is 1. The molecular weight excluding hydrogens is 611 g/mol. The molecule has 0 bridgehead atoms. The number of imidazole rings is 1. The molecular formula is C34H30F3N7O3. The lowest BCUT2D eigenvalue weighted by Crippen LogP contribution is -2.55. The minimum atomic E-state index is -2.96. The topological polar surface area (TPSA) is 105 Å². The van der Waals surface area contributed by atoms with Gasteiger partial charge in [-0.1, -0.05) is 24.3 Å². The van der Waals surface area contributed by atoms with Crippen LogP contribution < -0.4 is 19.9 Å². The zero-order valence-corrected chi connectivity index (χ0v) is 25.6. The molecule has 10 nitrogen and oxygen atoms in total. The Bertz CT molecular complexity index is 2010. The number of fused-ring (bicyclic) bond motifs is 2. The maximum absolute atomic E-state index is 15.0. The Labute approximate surface area is 267 Å². The summed E-state index contributed by atoms with van der Waals surface area (Å²) in [4.78, 5) is 37.1. The van der Waals surface area contributed by atoms with Crippen molar-refractivity contribution in [2.45, 2.75) is 37.8 Å². The van der Waals surface area contributed by atoms with Gasteiger partial charge in [-0.25, -0.2) is 22.7 Å². The first-order valence-electron chi connectivity index (χ1n) is 15.1. The van der Waals surface area contributed by atoms with Gasteiger partial charge < -0.3 is 19.9 Å². The minimum absolute atomic E-state index is 0.0263. The highest BCUT2D eigenvalue weighted by molar-refractivity contribution is 5.94. The van der Waals surface area contributed by atoms with Gasteiger partial charge >= 0.3 is 0 Å². The summed E-state index contributed by atoms with van der Waals surface area (Å²) in [6.45, 7) is 0.972. The number of rotatable bonds is 9. The molecule has 13 heteroatoms. The molecule has 0 spiro atoms. The van der Waals surface area contributed by atoms with Crippen LogP contribution >= 0.6 is 0 Å². The molecule has 0 radical (unpaired) electrons. The molecule has 1 atom stereocenters. The van der Waals surface area contributed by atoms with Gasteiger partial charge in [0.2, 0.25) is 0 Å². The van der Waals surface area contributed by atoms with Gasteiger partial charge in [0.15, 0.2) is 23.4 Å². The molecule has 5 aromatic rings. The van der Waals surface area contributed by atoms with Crippen LogP contribution in [0.2, 0.25) is 0 Å². The summed E-state index contributed by atoms with van der Waals surface area (Å²) < 4.78 is 49.8. The Balaban J connectivity index is 1.30. The predicted molar refractivity (Wildman–Crippen MR) is 169 cm³/mol. The van der Waals surface area contributed by atoms with Gasteiger partial charge in [0.05, 0.1) is 25.0 Å². The summed E-state index contributed by atoms with van der Waals surface area (Å²) in [7, 11) is 3.49. The smallest absolute Gasteiger partial charge is 0.272 e. The fraction of sp³-hybridized carbons (Fsp3) is 0.265. The van der Waals surface area contributed by atoms with Gasteiger partial charge in [-0.15, -0.1) is 5.10 Å². The molecule has 3 aromatic heterocycles. The van der Waals surface area contributed by atoms with Crippen molar-refractivity contribution in [1.82, 2.24) is 24.9 Å². The van der Waals surface area contributed by atoms with Crippen LogP contribution in [-0.4, -0.2) is 64.4 Å². The van der Waals surface area contributed by atoms with Crippen molar-refractivity contribution in [3.8, 4) is 17.0 Å². The molecule has 240 valence electrons. The highest BCUT2D eigenvalue weighted by atomic mass is 19.3. The number of hydrogen-bond donors (Lipinski definition) is 1. The predicted octanol–water partition coefficient (Wildman–Crippen LogP) is 5.61. The fourth-order valence-electron chi connectivity index (χ4n) is 6.12. The minimum Gasteiger partial charge on any atom is -0.497 e. The van der Waals surface area contributed by atoms with Crippen molar-refractivity contribution in [2.24, 2.45) is 0 Å². The van der Waals surface area contributed by atoms with E-state index in [2.05, 4.69) is 15.3 Å². The average molecular weight is 642 g/mol. The fourth-order valence-corrected chi connectivity index (χ4v) is 6.12. The summed E-state index contributed by atoms with van der Waals surface area (Å²) >= 11 is 0. The molecule has 1 amide bonds. The van der Waals surface area contributed by atoms with Crippen LogP contribution in [0.3, 0.4) is 0 Å². The number of amides is 1. The van der Waals surface area contributed by atoms with E-state index in [1.165, 1.54) is 16.9 Å². The monoisotopic (exact) mass is 641 g/mol. The number of aldehydes is 1. The van der Waals surface area contributed by atoms with Crippen molar-refractivity contribution in [1.29, 1.82) is 0 Å². The van der Waals surface area contributed by atoms with Crippen LogP contribution in [0, 0.1) is 5.82 Å². The first-order valence-corrected chi connectivity index (χ1v) is 15.1. The van der Waals surface area contributed by atoms with Gasteiger partial charge in [-0.3, -0.25) is 14.6 Å². The third-order valence-electron chi connectivity index (χ3n) is 8.80. The third kappa shape index (κ3) is 5.41. The summed E-state index contributed by atoms with van der Waals surface area (Å²) in [5, 5.41) is 7.25. The van der Waals surface area contributed by atoms with E-state index < -0.39 is 23.7 Å². The second-order valence-corrected chi connectivity index (χ2v) is 11.7. The maximum atomic E-state index is 15.0. The SMILES string of the molecule is COc1ccc(CN(C)c2cc(N3CCc4c(-c5ncc(C=O)cc5F)cccc43)nn3c(C(=O)N[C@@H]4CCC4(F)F)cnc23)cc1. The molecule has 0 saturated heterocycles. The Morgan fingerprint density at radius 1 is 1.15 bits per heavy atom. The molecule has 7 rings (SSSR count). The highest BCUT2D eigenvalue weighted by Crippen LogP contribution is 2.41. The largest absolute Gasteiger partial charge is 0.497 e. The molecule has 1 aliphatic heterocycles. The number of aromatic nitrogens is 4. The van der Waals surface area contributed by atoms with Crippen LogP contribution in [0.25, 0.3) is 16.9 Å². The Morgan fingerprint density at radius 2 is 1.96 bits per heavy atom. The summed E-state index contributed by atoms with van der Waals surface area (Å²) in [5.74, 6) is -3.05. The molecule has 47 heavy (non-hydrogen) atoms. The number of alkyl halides is 2. The Morgan fingerprint density at radius 3 is 2.64 bits per heavy atom. The summed E-state index contributed by atoms with van der Waals surface area (Å²) in [5.41, 5.74) is 4.56. The van der Waals surface area contributed by atoms with Crippen molar-refractivity contribution in [2.75, 3.05) is 30.5 Å². The van der Waals surface area contributed by atoms with Gasteiger partial charge in [-0.05, 0) is 48.2 Å². The number of carbonyl (C=O) groups is 2. The highest BCUT2D eigenvalue weighted by Gasteiger charge is 2.49. The standard InChI is InChI=1S/C34H30F3N7O3/c1-42(18-20-6-8-22(47-2)9-7-20)27-15-30(41-44-28(17-39-32(27)44)33(46)40-29-10-12-34(29,36)37)43-13-11-23-24(4-3-5-26(23)43)31-25(35)14-21(19-45)16-38-31/h3-9,14-17,19,29H,10-13,18H2,1-2H3,(H,40,46)/t29-/m1/s1. The van der Waals surface area contributed by atoms with Crippen LogP contribution in [0.15, 0.2) is 67.0 Å². The van der Waals surface area contributed by atoms with E-state index in [1.807, 2.05) is 53.2 Å². The summed E-state index contributed by atoms with van der Waals surface area (Å²) in [6, 6.07) is 14.9. The van der Waals surface area contributed by atoms with Crippen LogP contribution in [0.5, 0.6) is 5.75 Å². The number of carbonyl (C=O) groups excluding carboxylic acids is 2. The number of ether oxygens (including phenoxy) is 1. The molecule has 1 N–H and O–H groups in total. The van der Waals surface area contributed by atoms with Gasteiger partial charge in [0, 0.05) is 55.6 Å². The number of anilines is 3. The number of nitrogens with zero attached hydrogens (tertiary/aromatic N) is 6. The molecule has 2 aromatic carbocycles. The lowest BCUT2D eigenvalue weighted by atomic mass is 9.88. The van der Waals surface area contributed by atoms with Crippen molar-refractivity contribution in [3.05, 3.63) is 95.2 Å². The van der Waals surface area contributed by atoms with Crippen LogP contribution in [-0.2, 0) is 13.0 Å². The van der Waals surface area contributed by atoms with E-state index in [0.717, 1.165) is 28.6 Å². The Kier molecular flexibility index (Phi) is 7.53. The lowest BCUT2D eigenvalue weighted by Gasteiger charge is -2.36. The number of methoxy groups -OCH3 is 1. The first-order chi connectivity index (χ1) is 22.7. The number of hydrogen-bond acceptors (Lipinski definition) is 8. The van der Waals surface area contributed by atoms with Gasteiger partial charge in [0.25, 0.3) is 11.8 Å². The van der Waals surface area contributed by atoms with E-state index in [9.17, 15) is 18.4 Å². The van der Waals surface area contributed by atoms with Gasteiger partial charge in [-0.2, -0.15) is 0 Å². The van der Waals surface area contributed by atoms with Gasteiger partial charge in [0.1, 0.15) is 17.3 Å². The normalized spacial score (nSPS) is 16.4. The van der Waals surface area contributed by atoms with E-state index in [-0.39, 0.29) is 29.8 Å². The molecule has 0 unspecified atom stereocenters.